The Kier molecular flexibility index (Phi) is 4.81. The summed E-state index contributed by atoms with van der Waals surface area (Å²) >= 11 is 0. The third-order valence-corrected chi connectivity index (χ3v) is 3.01. The minimum Gasteiger partial charge on any atom is -0.374 e. The van der Waals surface area contributed by atoms with Crippen molar-refractivity contribution in [2.75, 3.05) is 27.2 Å². The highest BCUT2D eigenvalue weighted by Gasteiger charge is 2.25. The van der Waals surface area contributed by atoms with Crippen molar-refractivity contribution in [1.29, 1.82) is 0 Å². The molecule has 0 aromatic carbocycles. The average molecular weight is 220 g/mol. The summed E-state index contributed by atoms with van der Waals surface area (Å²) in [4.78, 5) is 4.63. The predicted molar refractivity (Wildman–Crippen MR) is 71.4 cm³/mol. The van der Waals surface area contributed by atoms with Crippen LogP contribution < -0.4 is 0 Å². The second kappa shape index (κ2) is 5.90. The summed E-state index contributed by atoms with van der Waals surface area (Å²) < 4.78 is 0. The lowest BCUT2D eigenvalue weighted by Crippen LogP contribution is -2.31. The molecule has 0 unspecified atom stereocenters. The normalized spacial score (nSPS) is 15.8. The van der Waals surface area contributed by atoms with Gasteiger partial charge in [-0.25, -0.2) is 0 Å². The van der Waals surface area contributed by atoms with Crippen LogP contribution >= 0.6 is 0 Å². The zero-order valence-corrected chi connectivity index (χ0v) is 10.9. The van der Waals surface area contributed by atoms with E-state index in [1.54, 1.807) is 0 Å². The molecule has 1 saturated carbocycles. The Labute approximate surface area is 99.9 Å². The van der Waals surface area contributed by atoms with E-state index in [0.717, 1.165) is 30.4 Å². The first kappa shape index (κ1) is 13.0. The fourth-order valence-electron chi connectivity index (χ4n) is 1.51. The van der Waals surface area contributed by atoms with E-state index in [2.05, 4.69) is 37.1 Å². The molecule has 0 aliphatic heterocycles. The lowest BCUT2D eigenvalue weighted by molar-refractivity contribution is 0.281. The van der Waals surface area contributed by atoms with Crippen LogP contribution in [-0.4, -0.2) is 43.0 Å². The van der Waals surface area contributed by atoms with Gasteiger partial charge in [0.1, 0.15) is 0 Å². The van der Waals surface area contributed by atoms with Gasteiger partial charge in [-0.1, -0.05) is 24.8 Å². The van der Waals surface area contributed by atoms with E-state index in [4.69, 9.17) is 0 Å². The van der Waals surface area contributed by atoms with Gasteiger partial charge >= 0.3 is 0 Å². The van der Waals surface area contributed by atoms with Gasteiger partial charge in [0.15, 0.2) is 0 Å². The molecule has 0 atom stereocenters. The Morgan fingerprint density at radius 3 is 2.31 bits per heavy atom. The standard InChI is InChI=1S/C14H24N2/c1-12(2)6-7-13(3)15(4)10-11-16(5)14-8-9-14/h6-7,14H,1,3,8-11H2,2,4-5H3/b7-6-. The number of nitrogens with zero attached hydrogens (tertiary/aromatic N) is 2. The molecule has 0 N–H and O–H groups in total. The molecule has 0 aromatic rings. The Bertz CT molecular complexity index is 287. The first-order valence-electron chi connectivity index (χ1n) is 5.94. The quantitative estimate of drug-likeness (QED) is 0.609. The van der Waals surface area contributed by atoms with Crippen molar-refractivity contribution < 1.29 is 0 Å². The monoisotopic (exact) mass is 220 g/mol. The summed E-state index contributed by atoms with van der Waals surface area (Å²) in [5.74, 6) is 0. The Morgan fingerprint density at radius 2 is 1.81 bits per heavy atom. The van der Waals surface area contributed by atoms with Gasteiger partial charge < -0.3 is 9.80 Å². The zero-order chi connectivity index (χ0) is 12.1. The van der Waals surface area contributed by atoms with Gasteiger partial charge in [-0.2, -0.15) is 0 Å². The van der Waals surface area contributed by atoms with E-state index < -0.39 is 0 Å². The van der Waals surface area contributed by atoms with Crippen LogP contribution in [0.3, 0.4) is 0 Å². The summed E-state index contributed by atoms with van der Waals surface area (Å²) in [7, 11) is 4.30. The van der Waals surface area contributed by atoms with Crippen LogP contribution in [0.25, 0.3) is 0 Å². The van der Waals surface area contributed by atoms with Gasteiger partial charge in [-0.15, -0.1) is 0 Å². The summed E-state index contributed by atoms with van der Waals surface area (Å²) in [5, 5.41) is 0. The molecule has 0 amide bonds. The highest BCUT2D eigenvalue weighted by Crippen LogP contribution is 2.24. The number of allylic oxidation sites excluding steroid dienone is 3. The predicted octanol–water partition coefficient (Wildman–Crippen LogP) is 2.66. The SMILES string of the molecule is C=C(C)/C=C\C(=C)N(C)CCN(C)C1CC1. The molecule has 0 aromatic heterocycles. The van der Waals surface area contributed by atoms with Crippen LogP contribution in [0, 0.1) is 0 Å². The van der Waals surface area contributed by atoms with Crippen molar-refractivity contribution in [3.63, 3.8) is 0 Å². The van der Waals surface area contributed by atoms with Gasteiger partial charge in [0.05, 0.1) is 0 Å². The molecular weight excluding hydrogens is 196 g/mol. The lowest BCUT2D eigenvalue weighted by atomic mass is 10.3. The molecule has 0 heterocycles. The van der Waals surface area contributed by atoms with Gasteiger partial charge in [0, 0.05) is 31.9 Å². The zero-order valence-electron chi connectivity index (χ0n) is 10.9. The van der Waals surface area contributed by atoms with Crippen molar-refractivity contribution in [3.05, 3.63) is 36.6 Å². The number of rotatable bonds is 7. The number of likely N-dealkylation sites (N-methyl/N-ethyl adjacent to an activating group) is 2. The van der Waals surface area contributed by atoms with Gasteiger partial charge in [0.2, 0.25) is 0 Å². The summed E-state index contributed by atoms with van der Waals surface area (Å²) in [6, 6.07) is 0.840. The molecule has 2 nitrogen and oxygen atoms in total. The van der Waals surface area contributed by atoms with E-state index in [1.807, 2.05) is 19.1 Å². The second-order valence-electron chi connectivity index (χ2n) is 4.80. The molecule has 0 bridgehead atoms. The highest BCUT2D eigenvalue weighted by molar-refractivity contribution is 5.21. The fourth-order valence-corrected chi connectivity index (χ4v) is 1.51. The molecule has 1 rings (SSSR count). The van der Waals surface area contributed by atoms with Crippen molar-refractivity contribution in [2.45, 2.75) is 25.8 Å². The van der Waals surface area contributed by atoms with E-state index in [9.17, 15) is 0 Å². The molecule has 1 fully saturated rings. The van der Waals surface area contributed by atoms with Crippen LogP contribution in [0.15, 0.2) is 36.6 Å². The minimum atomic E-state index is 0.840. The van der Waals surface area contributed by atoms with Crippen LogP contribution in [0.5, 0.6) is 0 Å². The number of hydrogen-bond donors (Lipinski definition) is 0. The molecule has 0 spiro atoms. The van der Waals surface area contributed by atoms with Gasteiger partial charge in [-0.3, -0.25) is 0 Å². The molecule has 1 aliphatic carbocycles. The highest BCUT2D eigenvalue weighted by atomic mass is 15.2. The molecule has 0 saturated heterocycles. The minimum absolute atomic E-state index is 0.840. The summed E-state index contributed by atoms with van der Waals surface area (Å²) in [5.41, 5.74) is 2.11. The summed E-state index contributed by atoms with van der Waals surface area (Å²) in [6.45, 7) is 12.0. The van der Waals surface area contributed by atoms with E-state index >= 15 is 0 Å². The third-order valence-electron chi connectivity index (χ3n) is 3.01. The van der Waals surface area contributed by atoms with Crippen molar-refractivity contribution in [2.24, 2.45) is 0 Å². The molecular formula is C14H24N2. The van der Waals surface area contributed by atoms with Crippen LogP contribution in [0.1, 0.15) is 19.8 Å². The molecule has 0 radical (unpaired) electrons. The van der Waals surface area contributed by atoms with E-state index in [-0.39, 0.29) is 0 Å². The van der Waals surface area contributed by atoms with Crippen LogP contribution in [0.2, 0.25) is 0 Å². The average Bonchev–Trinajstić information content (AvgIpc) is 3.05. The van der Waals surface area contributed by atoms with Crippen LogP contribution in [-0.2, 0) is 0 Å². The van der Waals surface area contributed by atoms with Gasteiger partial charge in [-0.05, 0) is 32.9 Å². The number of hydrogen-bond acceptors (Lipinski definition) is 2. The lowest BCUT2D eigenvalue weighted by Gasteiger charge is -2.23. The maximum Gasteiger partial charge on any atom is 0.0302 e. The Balaban J connectivity index is 2.25. The van der Waals surface area contributed by atoms with Crippen molar-refractivity contribution in [1.82, 2.24) is 9.80 Å². The first-order valence-corrected chi connectivity index (χ1v) is 5.94. The topological polar surface area (TPSA) is 6.48 Å². The second-order valence-corrected chi connectivity index (χ2v) is 4.80. The van der Waals surface area contributed by atoms with E-state index in [0.29, 0.717) is 0 Å². The van der Waals surface area contributed by atoms with Gasteiger partial charge in [0.25, 0.3) is 0 Å². The molecule has 16 heavy (non-hydrogen) atoms. The Hall–Kier alpha value is -1.02. The van der Waals surface area contributed by atoms with Crippen LogP contribution in [0.4, 0.5) is 0 Å². The molecule has 1 aliphatic rings. The fraction of sp³-hybridized carbons (Fsp3) is 0.571. The summed E-state index contributed by atoms with van der Waals surface area (Å²) in [6.07, 6.45) is 6.77. The Morgan fingerprint density at radius 1 is 1.19 bits per heavy atom. The third kappa shape index (κ3) is 4.67. The van der Waals surface area contributed by atoms with E-state index in [1.165, 1.54) is 12.8 Å². The maximum atomic E-state index is 4.04. The molecule has 2 heteroatoms. The van der Waals surface area contributed by atoms with Crippen molar-refractivity contribution in [3.8, 4) is 0 Å². The maximum absolute atomic E-state index is 4.04. The molecule has 90 valence electrons. The van der Waals surface area contributed by atoms with Crippen molar-refractivity contribution >= 4 is 0 Å². The largest absolute Gasteiger partial charge is 0.374 e. The smallest absolute Gasteiger partial charge is 0.0302 e. The first-order chi connectivity index (χ1) is 7.50.